The first-order chi connectivity index (χ1) is 14.0. The molecule has 1 aromatic carbocycles. The first-order valence-corrected chi connectivity index (χ1v) is 11.5. The lowest BCUT2D eigenvalue weighted by Crippen LogP contribution is -2.43. The van der Waals surface area contributed by atoms with Crippen LogP contribution in [0.1, 0.15) is 30.2 Å². The maximum absolute atomic E-state index is 12.9. The Balaban J connectivity index is 0.00000480. The molecular weight excluding hydrogens is 546 g/mol. The Labute approximate surface area is 197 Å². The highest BCUT2D eigenvalue weighted by atomic mass is 127. The van der Waals surface area contributed by atoms with Crippen molar-refractivity contribution in [3.63, 3.8) is 0 Å². The van der Waals surface area contributed by atoms with Crippen molar-refractivity contribution >= 4 is 39.8 Å². The molecule has 31 heavy (non-hydrogen) atoms. The van der Waals surface area contributed by atoms with Crippen molar-refractivity contribution in [3.8, 4) is 0 Å². The van der Waals surface area contributed by atoms with Gasteiger partial charge in [0.05, 0.1) is 24.1 Å². The summed E-state index contributed by atoms with van der Waals surface area (Å²) in [5.41, 5.74) is -0.308. The molecule has 2 rings (SSSR count). The number of sulfone groups is 1. The third-order valence-corrected chi connectivity index (χ3v) is 5.20. The maximum atomic E-state index is 12.9. The van der Waals surface area contributed by atoms with Crippen molar-refractivity contribution < 1.29 is 26.0 Å². The van der Waals surface area contributed by atoms with Crippen molar-refractivity contribution in [3.05, 3.63) is 59.5 Å². The van der Waals surface area contributed by atoms with Crippen LogP contribution < -0.4 is 10.6 Å². The molecule has 174 valence electrons. The molecule has 6 nitrogen and oxygen atoms in total. The number of hydrogen-bond acceptors (Lipinski definition) is 4. The number of aliphatic imine (C=N–C) groups is 1. The molecule has 1 heterocycles. The first-order valence-electron chi connectivity index (χ1n) is 9.44. The van der Waals surface area contributed by atoms with Gasteiger partial charge in [0.15, 0.2) is 5.96 Å². The minimum atomic E-state index is -4.41. The molecule has 0 spiro atoms. The normalized spacial score (nSPS) is 13.4. The van der Waals surface area contributed by atoms with E-state index in [9.17, 15) is 21.6 Å². The van der Waals surface area contributed by atoms with Crippen LogP contribution in [0.2, 0.25) is 0 Å². The fraction of sp³-hybridized carbons (Fsp3) is 0.450. The molecule has 2 aromatic rings. The maximum Gasteiger partial charge on any atom is 0.416 e. The van der Waals surface area contributed by atoms with Gasteiger partial charge in [-0.15, -0.1) is 24.0 Å². The zero-order valence-corrected chi connectivity index (χ0v) is 20.4. The molecule has 0 aliphatic heterocycles. The zero-order valence-electron chi connectivity index (χ0n) is 17.3. The number of furan rings is 1. The predicted octanol–water partition coefficient (Wildman–Crippen LogP) is 4.02. The molecule has 0 fully saturated rings. The Morgan fingerprint density at radius 3 is 2.58 bits per heavy atom. The van der Waals surface area contributed by atoms with Crippen LogP contribution in [-0.2, 0) is 29.0 Å². The molecule has 2 N–H and O–H groups in total. The fourth-order valence-electron chi connectivity index (χ4n) is 2.62. The van der Waals surface area contributed by atoms with E-state index in [-0.39, 0.29) is 42.3 Å². The van der Waals surface area contributed by atoms with Crippen molar-refractivity contribution in [2.75, 3.05) is 18.6 Å². The summed E-state index contributed by atoms with van der Waals surface area (Å²) >= 11 is 0. The van der Waals surface area contributed by atoms with Crippen LogP contribution in [0, 0.1) is 0 Å². The van der Waals surface area contributed by atoms with Gasteiger partial charge < -0.3 is 15.1 Å². The van der Waals surface area contributed by atoms with Crippen molar-refractivity contribution in [1.82, 2.24) is 10.6 Å². The second-order valence-electron chi connectivity index (χ2n) is 7.08. The summed E-state index contributed by atoms with van der Waals surface area (Å²) in [7, 11) is -3.09. The van der Waals surface area contributed by atoms with E-state index >= 15 is 0 Å². The van der Waals surface area contributed by atoms with Gasteiger partial charge in [-0.25, -0.2) is 13.4 Å². The Kier molecular flexibility index (Phi) is 10.8. The summed E-state index contributed by atoms with van der Waals surface area (Å²) in [6.07, 6.45) is -0.702. The topological polar surface area (TPSA) is 83.7 Å². The largest absolute Gasteiger partial charge is 0.469 e. The monoisotopic (exact) mass is 573 g/mol. The molecule has 0 saturated heterocycles. The summed E-state index contributed by atoms with van der Waals surface area (Å²) in [5.74, 6) is 1.19. The van der Waals surface area contributed by atoms with E-state index in [0.29, 0.717) is 30.9 Å². The highest BCUT2D eigenvalue weighted by Crippen LogP contribution is 2.29. The van der Waals surface area contributed by atoms with E-state index in [1.54, 1.807) is 18.4 Å². The van der Waals surface area contributed by atoms with E-state index in [0.717, 1.165) is 17.9 Å². The van der Waals surface area contributed by atoms with Crippen LogP contribution in [0.4, 0.5) is 13.2 Å². The van der Waals surface area contributed by atoms with E-state index in [1.807, 2.05) is 13.0 Å². The van der Waals surface area contributed by atoms with Gasteiger partial charge in [-0.2, -0.15) is 13.2 Å². The predicted molar refractivity (Wildman–Crippen MR) is 125 cm³/mol. The van der Waals surface area contributed by atoms with Crippen molar-refractivity contribution in [1.29, 1.82) is 0 Å². The summed E-state index contributed by atoms with van der Waals surface area (Å²) in [5, 5.41) is 6.21. The number of nitrogens with one attached hydrogen (secondary N) is 2. The number of hydrogen-bond donors (Lipinski definition) is 2. The summed E-state index contributed by atoms with van der Waals surface area (Å²) in [4.78, 5) is 4.37. The quantitative estimate of drug-likeness (QED) is 0.269. The van der Waals surface area contributed by atoms with E-state index in [1.165, 1.54) is 12.3 Å². The lowest BCUT2D eigenvalue weighted by Gasteiger charge is -2.18. The highest BCUT2D eigenvalue weighted by Gasteiger charge is 2.30. The van der Waals surface area contributed by atoms with Crippen LogP contribution in [-0.4, -0.2) is 39.0 Å². The Morgan fingerprint density at radius 2 is 1.97 bits per heavy atom. The first kappa shape index (κ1) is 27.3. The van der Waals surface area contributed by atoms with Gasteiger partial charge in [0.1, 0.15) is 15.6 Å². The van der Waals surface area contributed by atoms with Crippen LogP contribution >= 0.6 is 24.0 Å². The van der Waals surface area contributed by atoms with Gasteiger partial charge in [0.2, 0.25) is 0 Å². The highest BCUT2D eigenvalue weighted by molar-refractivity contribution is 14.0. The van der Waals surface area contributed by atoms with Gasteiger partial charge in [0, 0.05) is 25.3 Å². The number of rotatable bonds is 9. The van der Waals surface area contributed by atoms with E-state index in [4.69, 9.17) is 4.42 Å². The number of alkyl halides is 3. The Bertz CT molecular complexity index is 933. The summed E-state index contributed by atoms with van der Waals surface area (Å²) in [6, 6.07) is 8.42. The van der Waals surface area contributed by atoms with Gasteiger partial charge >= 0.3 is 6.18 Å². The van der Waals surface area contributed by atoms with Crippen molar-refractivity contribution in [2.24, 2.45) is 4.99 Å². The molecule has 0 radical (unpaired) electrons. The second-order valence-corrected chi connectivity index (χ2v) is 9.34. The van der Waals surface area contributed by atoms with Crippen LogP contribution in [0.25, 0.3) is 0 Å². The third kappa shape index (κ3) is 10.9. The molecule has 0 aliphatic rings. The summed E-state index contributed by atoms with van der Waals surface area (Å²) < 4.78 is 66.7. The van der Waals surface area contributed by atoms with E-state index in [2.05, 4.69) is 15.6 Å². The minimum Gasteiger partial charge on any atom is -0.469 e. The molecule has 0 amide bonds. The number of halogens is 4. The molecule has 1 atom stereocenters. The van der Waals surface area contributed by atoms with Gasteiger partial charge in [-0.05, 0) is 43.2 Å². The Morgan fingerprint density at radius 1 is 1.23 bits per heavy atom. The third-order valence-electron chi connectivity index (χ3n) is 4.22. The smallest absolute Gasteiger partial charge is 0.416 e. The molecular formula is C20H27F3IN3O3S. The summed E-state index contributed by atoms with van der Waals surface area (Å²) in [6.45, 7) is 2.35. The average molecular weight is 573 g/mol. The minimum absolute atomic E-state index is 0. The number of benzene rings is 1. The van der Waals surface area contributed by atoms with Gasteiger partial charge in [-0.3, -0.25) is 0 Å². The number of guanidine groups is 1. The zero-order chi connectivity index (χ0) is 22.2. The lowest BCUT2D eigenvalue weighted by molar-refractivity contribution is -0.137. The molecule has 0 bridgehead atoms. The molecule has 11 heteroatoms. The average Bonchev–Trinajstić information content (AvgIpc) is 3.17. The lowest BCUT2D eigenvalue weighted by atomic mass is 10.1. The second kappa shape index (κ2) is 12.3. The van der Waals surface area contributed by atoms with Gasteiger partial charge in [-0.1, -0.05) is 12.1 Å². The van der Waals surface area contributed by atoms with Gasteiger partial charge in [0.25, 0.3) is 0 Å². The SMILES string of the molecule is CC(CCS(C)(=O)=O)NC(=NCc1cccc(C(F)(F)F)c1)NCCc1ccco1.I. The molecule has 0 aliphatic carbocycles. The van der Waals surface area contributed by atoms with Crippen LogP contribution in [0.15, 0.2) is 52.1 Å². The Hall–Kier alpha value is -1.76. The fourth-order valence-corrected chi connectivity index (χ4v) is 3.41. The molecule has 1 aromatic heterocycles. The van der Waals surface area contributed by atoms with E-state index < -0.39 is 21.6 Å². The molecule has 1 unspecified atom stereocenters. The van der Waals surface area contributed by atoms with Crippen LogP contribution in [0.3, 0.4) is 0 Å². The number of nitrogens with zero attached hydrogens (tertiary/aromatic N) is 1. The van der Waals surface area contributed by atoms with Crippen LogP contribution in [0.5, 0.6) is 0 Å². The standard InChI is InChI=1S/C20H26F3N3O3S.HI/c1-15(9-12-30(2,27)28)26-19(24-10-8-18-7-4-11-29-18)25-14-16-5-3-6-17(13-16)20(21,22)23;/h3-7,11,13,15H,8-10,12,14H2,1-2H3,(H2,24,25,26);1H. The van der Waals surface area contributed by atoms with Crippen molar-refractivity contribution in [2.45, 2.75) is 38.5 Å². The molecule has 0 saturated carbocycles.